The Kier molecular flexibility index (Phi) is 5.35. The predicted molar refractivity (Wildman–Crippen MR) is 82.4 cm³/mol. The van der Waals surface area contributed by atoms with Gasteiger partial charge in [-0.2, -0.15) is 5.10 Å². The van der Waals surface area contributed by atoms with Crippen molar-refractivity contribution < 1.29 is 4.74 Å². The third-order valence-electron chi connectivity index (χ3n) is 3.21. The first kappa shape index (κ1) is 14.8. The van der Waals surface area contributed by atoms with Gasteiger partial charge in [-0.3, -0.25) is 5.10 Å². The van der Waals surface area contributed by atoms with Crippen LogP contribution in [-0.2, 0) is 13.2 Å². The Morgan fingerprint density at radius 1 is 1.25 bits per heavy atom. The van der Waals surface area contributed by atoms with E-state index >= 15 is 0 Å². The number of H-pyrrole nitrogens is 1. The molecular formula is C15H21N3OS. The van der Waals surface area contributed by atoms with Gasteiger partial charge < -0.3 is 9.30 Å². The molecule has 0 saturated carbocycles. The van der Waals surface area contributed by atoms with E-state index in [1.54, 1.807) is 0 Å². The molecule has 1 heterocycles. The molecule has 0 atom stereocenters. The van der Waals surface area contributed by atoms with Crippen LogP contribution < -0.4 is 4.74 Å². The van der Waals surface area contributed by atoms with Gasteiger partial charge in [0.05, 0.1) is 0 Å². The second-order valence-electron chi connectivity index (χ2n) is 4.91. The molecule has 2 aromatic rings. The molecule has 4 nitrogen and oxygen atoms in total. The minimum Gasteiger partial charge on any atom is -0.486 e. The number of aromatic nitrogens is 3. The maximum atomic E-state index is 5.76. The van der Waals surface area contributed by atoms with E-state index in [4.69, 9.17) is 17.0 Å². The molecule has 1 aromatic carbocycles. The molecule has 20 heavy (non-hydrogen) atoms. The quantitative estimate of drug-likeness (QED) is 0.619. The number of rotatable bonds is 7. The summed E-state index contributed by atoms with van der Waals surface area (Å²) in [5.41, 5.74) is 1.22. The van der Waals surface area contributed by atoms with E-state index in [0.29, 0.717) is 11.4 Å². The van der Waals surface area contributed by atoms with E-state index in [9.17, 15) is 0 Å². The fraction of sp³-hybridized carbons (Fsp3) is 0.467. The normalized spacial score (nSPS) is 10.7. The van der Waals surface area contributed by atoms with Crippen LogP contribution in [-0.4, -0.2) is 14.8 Å². The summed E-state index contributed by atoms with van der Waals surface area (Å²) < 4.78 is 8.45. The van der Waals surface area contributed by atoms with Crippen LogP contribution in [0.2, 0.25) is 0 Å². The van der Waals surface area contributed by atoms with Crippen LogP contribution in [0.3, 0.4) is 0 Å². The number of nitrogens with one attached hydrogen (secondary N) is 1. The summed E-state index contributed by atoms with van der Waals surface area (Å²) in [5.74, 6) is 1.70. The number of hydrogen-bond donors (Lipinski definition) is 1. The van der Waals surface area contributed by atoms with Crippen LogP contribution >= 0.6 is 12.2 Å². The van der Waals surface area contributed by atoms with E-state index in [-0.39, 0.29) is 0 Å². The Labute approximate surface area is 124 Å². The van der Waals surface area contributed by atoms with Crippen molar-refractivity contribution in [2.24, 2.45) is 0 Å². The number of ether oxygens (including phenoxy) is 1. The van der Waals surface area contributed by atoms with Gasteiger partial charge in [0.1, 0.15) is 12.4 Å². The molecule has 0 aliphatic rings. The highest BCUT2D eigenvalue weighted by molar-refractivity contribution is 7.71. The highest BCUT2D eigenvalue weighted by Crippen LogP contribution is 2.13. The Balaban J connectivity index is 1.98. The smallest absolute Gasteiger partial charge is 0.195 e. The second kappa shape index (κ2) is 7.24. The number of nitrogens with zero attached hydrogens (tertiary/aromatic N) is 2. The Morgan fingerprint density at radius 2 is 2.00 bits per heavy atom. The largest absolute Gasteiger partial charge is 0.486 e. The molecule has 0 spiro atoms. The highest BCUT2D eigenvalue weighted by atomic mass is 32.1. The van der Waals surface area contributed by atoms with Crippen molar-refractivity contribution in [3.63, 3.8) is 0 Å². The van der Waals surface area contributed by atoms with Crippen LogP contribution in [0.25, 0.3) is 0 Å². The second-order valence-corrected chi connectivity index (χ2v) is 5.29. The lowest BCUT2D eigenvalue weighted by Crippen LogP contribution is -2.07. The zero-order valence-corrected chi connectivity index (χ0v) is 12.9. The minimum absolute atomic E-state index is 0.433. The SMILES string of the molecule is CCCCCn1c(COc2ccc(C)cc2)n[nH]c1=S. The van der Waals surface area contributed by atoms with E-state index in [0.717, 1.165) is 24.5 Å². The zero-order chi connectivity index (χ0) is 14.4. The van der Waals surface area contributed by atoms with Crippen LogP contribution in [0.4, 0.5) is 0 Å². The monoisotopic (exact) mass is 291 g/mol. The molecule has 0 amide bonds. The van der Waals surface area contributed by atoms with E-state index in [2.05, 4.69) is 24.0 Å². The van der Waals surface area contributed by atoms with Gasteiger partial charge in [-0.05, 0) is 37.7 Å². The van der Waals surface area contributed by atoms with Crippen molar-refractivity contribution in [1.29, 1.82) is 0 Å². The number of aromatic amines is 1. The standard InChI is InChI=1S/C15H21N3OS/c1-3-4-5-10-18-14(16-17-15(18)20)11-19-13-8-6-12(2)7-9-13/h6-9H,3-5,10-11H2,1-2H3,(H,17,20). The first-order valence-electron chi connectivity index (χ1n) is 7.04. The molecule has 0 radical (unpaired) electrons. The Bertz CT molecular complexity index is 586. The van der Waals surface area contributed by atoms with Gasteiger partial charge >= 0.3 is 0 Å². The number of hydrogen-bond acceptors (Lipinski definition) is 3. The molecule has 1 aromatic heterocycles. The summed E-state index contributed by atoms with van der Waals surface area (Å²) in [6.07, 6.45) is 3.51. The third-order valence-corrected chi connectivity index (χ3v) is 3.52. The first-order chi connectivity index (χ1) is 9.70. The molecule has 0 unspecified atom stereocenters. The van der Waals surface area contributed by atoms with Gasteiger partial charge in [0.2, 0.25) is 0 Å². The van der Waals surface area contributed by atoms with Crippen molar-refractivity contribution in [3.05, 3.63) is 40.4 Å². The van der Waals surface area contributed by atoms with Gasteiger partial charge in [-0.1, -0.05) is 37.5 Å². The zero-order valence-electron chi connectivity index (χ0n) is 12.1. The van der Waals surface area contributed by atoms with Gasteiger partial charge in [-0.15, -0.1) is 0 Å². The fourth-order valence-corrected chi connectivity index (χ4v) is 2.24. The van der Waals surface area contributed by atoms with Crippen molar-refractivity contribution in [2.75, 3.05) is 0 Å². The number of unbranched alkanes of at least 4 members (excludes halogenated alkanes) is 2. The van der Waals surface area contributed by atoms with Crippen LogP contribution in [0.5, 0.6) is 5.75 Å². The molecule has 0 aliphatic carbocycles. The van der Waals surface area contributed by atoms with Crippen molar-refractivity contribution in [1.82, 2.24) is 14.8 Å². The molecule has 108 valence electrons. The van der Waals surface area contributed by atoms with Gasteiger partial charge in [0, 0.05) is 6.54 Å². The molecular weight excluding hydrogens is 270 g/mol. The molecule has 2 rings (SSSR count). The molecule has 0 fully saturated rings. The lowest BCUT2D eigenvalue weighted by atomic mass is 10.2. The summed E-state index contributed by atoms with van der Waals surface area (Å²) >= 11 is 5.26. The summed E-state index contributed by atoms with van der Waals surface area (Å²) in [4.78, 5) is 0. The molecule has 0 bridgehead atoms. The lowest BCUT2D eigenvalue weighted by Gasteiger charge is -2.08. The summed E-state index contributed by atoms with van der Waals surface area (Å²) in [7, 11) is 0. The van der Waals surface area contributed by atoms with Crippen LogP contribution in [0.15, 0.2) is 24.3 Å². The maximum Gasteiger partial charge on any atom is 0.195 e. The van der Waals surface area contributed by atoms with Gasteiger partial charge in [0.15, 0.2) is 10.6 Å². The van der Waals surface area contributed by atoms with E-state index in [1.807, 2.05) is 28.8 Å². The summed E-state index contributed by atoms with van der Waals surface area (Å²) in [6.45, 7) is 5.58. The van der Waals surface area contributed by atoms with Crippen molar-refractivity contribution >= 4 is 12.2 Å². The topological polar surface area (TPSA) is 42.8 Å². The van der Waals surface area contributed by atoms with Gasteiger partial charge in [-0.25, -0.2) is 0 Å². The number of benzene rings is 1. The average Bonchev–Trinajstić information content (AvgIpc) is 2.80. The maximum absolute atomic E-state index is 5.76. The molecule has 0 saturated heterocycles. The van der Waals surface area contributed by atoms with Gasteiger partial charge in [0.25, 0.3) is 0 Å². The summed E-state index contributed by atoms with van der Waals surface area (Å²) in [5, 5.41) is 7.09. The van der Waals surface area contributed by atoms with E-state index < -0.39 is 0 Å². The molecule has 1 N–H and O–H groups in total. The molecule has 5 heteroatoms. The lowest BCUT2D eigenvalue weighted by molar-refractivity contribution is 0.288. The minimum atomic E-state index is 0.433. The average molecular weight is 291 g/mol. The van der Waals surface area contributed by atoms with Crippen molar-refractivity contribution in [3.8, 4) is 5.75 Å². The highest BCUT2D eigenvalue weighted by Gasteiger charge is 2.06. The number of aryl methyl sites for hydroxylation is 1. The summed E-state index contributed by atoms with van der Waals surface area (Å²) in [6, 6.07) is 8.01. The van der Waals surface area contributed by atoms with E-state index in [1.165, 1.54) is 18.4 Å². The fourth-order valence-electron chi connectivity index (χ4n) is 1.99. The Hall–Kier alpha value is -1.62. The Morgan fingerprint density at radius 3 is 2.70 bits per heavy atom. The van der Waals surface area contributed by atoms with Crippen LogP contribution in [0, 0.1) is 11.7 Å². The van der Waals surface area contributed by atoms with Crippen LogP contribution in [0.1, 0.15) is 37.6 Å². The first-order valence-corrected chi connectivity index (χ1v) is 7.45. The van der Waals surface area contributed by atoms with Crippen molar-refractivity contribution in [2.45, 2.75) is 46.3 Å². The predicted octanol–water partition coefficient (Wildman–Crippen LogP) is 4.02. The third kappa shape index (κ3) is 3.93. The molecule has 0 aliphatic heterocycles.